The minimum atomic E-state index is 0.411. The summed E-state index contributed by atoms with van der Waals surface area (Å²) < 4.78 is 0. The molecule has 2 saturated carbocycles. The van der Waals surface area contributed by atoms with E-state index in [1.807, 2.05) is 0 Å². The Labute approximate surface area is 114 Å². The summed E-state index contributed by atoms with van der Waals surface area (Å²) in [5.74, 6) is 2.30. The van der Waals surface area contributed by atoms with E-state index >= 15 is 0 Å². The van der Waals surface area contributed by atoms with E-state index in [1.165, 1.54) is 19.3 Å². The van der Waals surface area contributed by atoms with Gasteiger partial charge in [-0.2, -0.15) is 0 Å². The van der Waals surface area contributed by atoms with Gasteiger partial charge in [0.25, 0.3) is 0 Å². The van der Waals surface area contributed by atoms with Crippen LogP contribution in [0.5, 0.6) is 0 Å². The van der Waals surface area contributed by atoms with E-state index in [2.05, 4.69) is 16.9 Å². The van der Waals surface area contributed by atoms with Crippen LogP contribution in [0.2, 0.25) is 0 Å². The van der Waals surface area contributed by atoms with Crippen molar-refractivity contribution in [3.05, 3.63) is 0 Å². The van der Waals surface area contributed by atoms with E-state index in [4.69, 9.17) is 0 Å². The molecule has 4 nitrogen and oxygen atoms in total. The highest BCUT2D eigenvalue weighted by Gasteiger charge is 2.53. The van der Waals surface area contributed by atoms with Crippen molar-refractivity contribution in [2.24, 2.45) is 33.2 Å². The van der Waals surface area contributed by atoms with Gasteiger partial charge >= 0.3 is 0 Å². The Hall–Kier alpha value is -1.24. The molecule has 2 aliphatic rings. The van der Waals surface area contributed by atoms with Crippen molar-refractivity contribution in [3.8, 4) is 0 Å². The van der Waals surface area contributed by atoms with Gasteiger partial charge in [-0.15, -0.1) is 0 Å². The molecule has 0 aromatic rings. The number of fused-ring (bicyclic) bond motifs is 2. The first-order valence-electron chi connectivity index (χ1n) is 7.28. The highest BCUT2D eigenvalue weighted by atomic mass is 16.1. The van der Waals surface area contributed by atoms with Gasteiger partial charge in [-0.05, 0) is 61.7 Å². The summed E-state index contributed by atoms with van der Waals surface area (Å²) in [6, 6.07) is 0. The molecule has 0 saturated heterocycles. The molecule has 2 bridgehead atoms. The molecule has 2 fully saturated rings. The average molecular weight is 262 g/mol. The minimum absolute atomic E-state index is 0.411. The lowest BCUT2D eigenvalue weighted by molar-refractivity contribution is 0.110. The third kappa shape index (κ3) is 3.02. The summed E-state index contributed by atoms with van der Waals surface area (Å²) in [7, 11) is 0. The molecule has 104 valence electrons. The van der Waals surface area contributed by atoms with Crippen molar-refractivity contribution in [2.75, 3.05) is 13.1 Å². The first-order valence-corrected chi connectivity index (χ1v) is 7.28. The first kappa shape index (κ1) is 14.2. The van der Waals surface area contributed by atoms with Gasteiger partial charge < -0.3 is 0 Å². The second-order valence-electron chi connectivity index (χ2n) is 6.32. The van der Waals surface area contributed by atoms with Crippen molar-refractivity contribution in [1.29, 1.82) is 0 Å². The van der Waals surface area contributed by atoms with Crippen molar-refractivity contribution in [1.82, 2.24) is 0 Å². The van der Waals surface area contributed by atoms with Crippen molar-refractivity contribution in [3.63, 3.8) is 0 Å². The molecule has 0 heterocycles. The van der Waals surface area contributed by atoms with Crippen molar-refractivity contribution >= 4 is 12.2 Å². The number of hydrogen-bond acceptors (Lipinski definition) is 4. The standard InChI is InChI=1S/C15H22N2O2/c1-15-9-12(8-14(15)4-6-17-11-19)7-13(15)3-2-5-16-10-18/h12-14H,2-9H2,1H3. The second-order valence-corrected chi connectivity index (χ2v) is 6.32. The zero-order valence-electron chi connectivity index (χ0n) is 11.6. The molecule has 4 heteroatoms. The number of nitrogens with zero attached hydrogens (tertiary/aromatic N) is 2. The van der Waals surface area contributed by atoms with Gasteiger partial charge in [-0.1, -0.05) is 6.92 Å². The van der Waals surface area contributed by atoms with Crippen LogP contribution in [-0.2, 0) is 9.59 Å². The fraction of sp³-hybridized carbons (Fsp3) is 0.867. The van der Waals surface area contributed by atoms with Crippen LogP contribution in [0, 0.1) is 23.2 Å². The molecule has 2 aliphatic carbocycles. The molecule has 2 rings (SSSR count). The fourth-order valence-corrected chi connectivity index (χ4v) is 4.52. The summed E-state index contributed by atoms with van der Waals surface area (Å²) in [6.07, 6.45) is 10.4. The number of carbonyl (C=O) groups excluding carboxylic acids is 2. The smallest absolute Gasteiger partial charge is 0.211 e. The Morgan fingerprint density at radius 1 is 1.05 bits per heavy atom. The maximum Gasteiger partial charge on any atom is 0.234 e. The van der Waals surface area contributed by atoms with Gasteiger partial charge in [0.15, 0.2) is 0 Å². The van der Waals surface area contributed by atoms with Gasteiger partial charge in [0.2, 0.25) is 12.2 Å². The van der Waals surface area contributed by atoms with Crippen LogP contribution in [0.4, 0.5) is 0 Å². The number of rotatable bonds is 7. The molecule has 0 aromatic carbocycles. The van der Waals surface area contributed by atoms with Crippen LogP contribution in [0.3, 0.4) is 0 Å². The molecule has 0 radical (unpaired) electrons. The Kier molecular flexibility index (Phi) is 4.68. The lowest BCUT2D eigenvalue weighted by Gasteiger charge is -2.39. The van der Waals surface area contributed by atoms with E-state index in [9.17, 15) is 9.59 Å². The predicted molar refractivity (Wildman–Crippen MR) is 72.3 cm³/mol. The number of isocyanates is 2. The lowest BCUT2D eigenvalue weighted by Crippen LogP contribution is -2.31. The normalized spacial score (nSPS) is 35.7. The Bertz CT molecular complexity index is 410. The van der Waals surface area contributed by atoms with Crippen molar-refractivity contribution in [2.45, 2.75) is 45.4 Å². The van der Waals surface area contributed by atoms with E-state index in [1.54, 1.807) is 12.2 Å². The van der Waals surface area contributed by atoms with Crippen LogP contribution in [-0.4, -0.2) is 25.2 Å². The topological polar surface area (TPSA) is 58.9 Å². The maximum absolute atomic E-state index is 10.2. The summed E-state index contributed by atoms with van der Waals surface area (Å²) in [5, 5.41) is 0. The van der Waals surface area contributed by atoms with Gasteiger partial charge in [-0.3, -0.25) is 0 Å². The summed E-state index contributed by atoms with van der Waals surface area (Å²) >= 11 is 0. The van der Waals surface area contributed by atoms with Crippen LogP contribution in [0.25, 0.3) is 0 Å². The average Bonchev–Trinajstić information content (AvgIpc) is 2.87. The Morgan fingerprint density at radius 2 is 1.68 bits per heavy atom. The van der Waals surface area contributed by atoms with E-state index in [0.29, 0.717) is 24.4 Å². The van der Waals surface area contributed by atoms with Crippen LogP contribution < -0.4 is 0 Å². The molecule has 4 unspecified atom stereocenters. The fourth-order valence-electron chi connectivity index (χ4n) is 4.52. The van der Waals surface area contributed by atoms with Gasteiger partial charge in [0.05, 0.1) is 13.1 Å². The largest absolute Gasteiger partial charge is 0.234 e. The summed E-state index contributed by atoms with van der Waals surface area (Å²) in [6.45, 7) is 3.64. The molecule has 4 atom stereocenters. The van der Waals surface area contributed by atoms with Crippen LogP contribution in [0.1, 0.15) is 45.4 Å². The SMILES string of the molecule is CC12CC(CC1CCCN=C=O)CC2CCN=C=O. The maximum atomic E-state index is 10.2. The number of hydrogen-bond donors (Lipinski definition) is 0. The molecule has 0 aromatic heterocycles. The van der Waals surface area contributed by atoms with E-state index in [0.717, 1.165) is 31.1 Å². The van der Waals surface area contributed by atoms with Crippen molar-refractivity contribution < 1.29 is 9.59 Å². The molecular weight excluding hydrogens is 240 g/mol. The molecule has 0 N–H and O–H groups in total. The molecular formula is C15H22N2O2. The summed E-state index contributed by atoms with van der Waals surface area (Å²) in [4.78, 5) is 27.5. The zero-order valence-corrected chi connectivity index (χ0v) is 11.6. The van der Waals surface area contributed by atoms with Gasteiger partial charge in [-0.25, -0.2) is 19.6 Å². The van der Waals surface area contributed by atoms with Crippen LogP contribution >= 0.6 is 0 Å². The van der Waals surface area contributed by atoms with E-state index in [-0.39, 0.29) is 0 Å². The van der Waals surface area contributed by atoms with E-state index < -0.39 is 0 Å². The molecule has 19 heavy (non-hydrogen) atoms. The zero-order chi connectivity index (χ0) is 13.7. The number of aliphatic imine (C=N–C) groups is 2. The summed E-state index contributed by atoms with van der Waals surface area (Å²) in [5.41, 5.74) is 0.411. The Balaban J connectivity index is 1.88. The van der Waals surface area contributed by atoms with Crippen LogP contribution in [0.15, 0.2) is 9.98 Å². The molecule has 0 aliphatic heterocycles. The first-order chi connectivity index (χ1) is 9.20. The third-order valence-electron chi connectivity index (χ3n) is 5.37. The third-order valence-corrected chi connectivity index (χ3v) is 5.37. The highest BCUT2D eigenvalue weighted by molar-refractivity contribution is 5.33. The monoisotopic (exact) mass is 262 g/mol. The quantitative estimate of drug-likeness (QED) is 0.402. The lowest BCUT2D eigenvalue weighted by atomic mass is 9.66. The second kappa shape index (κ2) is 6.27. The predicted octanol–water partition coefficient (Wildman–Crippen LogP) is 2.88. The van der Waals surface area contributed by atoms with Gasteiger partial charge in [0, 0.05) is 0 Å². The van der Waals surface area contributed by atoms with Gasteiger partial charge in [0.1, 0.15) is 0 Å². The molecule has 0 spiro atoms. The Morgan fingerprint density at radius 3 is 2.32 bits per heavy atom. The molecule has 0 amide bonds. The minimum Gasteiger partial charge on any atom is -0.211 e. The highest BCUT2D eigenvalue weighted by Crippen LogP contribution is 2.62.